The van der Waals surface area contributed by atoms with Crippen LogP contribution in [0.15, 0.2) is 12.1 Å². The minimum absolute atomic E-state index is 0.251. The van der Waals surface area contributed by atoms with Gasteiger partial charge in [0.25, 0.3) is 0 Å². The zero-order valence-corrected chi connectivity index (χ0v) is 15.0. The lowest BCUT2D eigenvalue weighted by atomic mass is 9.92. The number of hydrogen-bond acceptors (Lipinski definition) is 3. The van der Waals surface area contributed by atoms with E-state index in [1.54, 1.807) is 0 Å². The summed E-state index contributed by atoms with van der Waals surface area (Å²) in [6.07, 6.45) is 5.16. The summed E-state index contributed by atoms with van der Waals surface area (Å²) in [5.41, 5.74) is 6.38. The zero-order valence-electron chi connectivity index (χ0n) is 14.2. The summed E-state index contributed by atoms with van der Waals surface area (Å²) in [7, 11) is 0. The molecule has 0 spiro atoms. The maximum absolute atomic E-state index is 6.13. The summed E-state index contributed by atoms with van der Waals surface area (Å²) in [6.45, 7) is 12.4. The third-order valence-corrected chi connectivity index (χ3v) is 6.16. The number of likely N-dealkylation sites (tertiary alicyclic amines) is 1. The smallest absolute Gasteiger partial charge is 0.0481 e. The minimum atomic E-state index is 0.251. The summed E-state index contributed by atoms with van der Waals surface area (Å²) in [5, 5.41) is 0. The van der Waals surface area contributed by atoms with Crippen LogP contribution in [0.5, 0.6) is 0 Å². The molecule has 3 heteroatoms. The average molecular weight is 309 g/mol. The Labute approximate surface area is 134 Å². The van der Waals surface area contributed by atoms with Gasteiger partial charge in [0.05, 0.1) is 0 Å². The first-order valence-electron chi connectivity index (χ1n) is 8.51. The second-order valence-corrected chi connectivity index (χ2v) is 8.54. The molecule has 2 atom stereocenters. The van der Waals surface area contributed by atoms with Crippen LogP contribution in [0.3, 0.4) is 0 Å². The number of nitrogens with zero attached hydrogens (tertiary/aromatic N) is 1. The Morgan fingerprint density at radius 2 is 2.05 bits per heavy atom. The van der Waals surface area contributed by atoms with Crippen molar-refractivity contribution in [3.8, 4) is 0 Å². The van der Waals surface area contributed by atoms with Crippen molar-refractivity contribution in [3.63, 3.8) is 0 Å². The van der Waals surface area contributed by atoms with Gasteiger partial charge in [-0.05, 0) is 62.4 Å². The van der Waals surface area contributed by atoms with Crippen LogP contribution < -0.4 is 5.73 Å². The molecule has 0 radical (unpaired) electrons. The molecule has 2 heterocycles. The van der Waals surface area contributed by atoms with Crippen LogP contribution in [0.2, 0.25) is 0 Å². The maximum Gasteiger partial charge on any atom is 0.0481 e. The molecule has 0 saturated carbocycles. The molecule has 1 aromatic rings. The van der Waals surface area contributed by atoms with Crippen LogP contribution in [0, 0.1) is 5.92 Å². The van der Waals surface area contributed by atoms with Crippen molar-refractivity contribution < 1.29 is 0 Å². The van der Waals surface area contributed by atoms with Gasteiger partial charge in [-0.15, -0.1) is 11.3 Å². The summed E-state index contributed by atoms with van der Waals surface area (Å²) in [5.74, 6) is 0.616. The van der Waals surface area contributed by atoms with Crippen molar-refractivity contribution in [3.05, 3.63) is 21.9 Å². The van der Waals surface area contributed by atoms with Gasteiger partial charge in [-0.25, -0.2) is 0 Å². The molecule has 2 unspecified atom stereocenters. The fourth-order valence-corrected chi connectivity index (χ4v) is 4.72. The van der Waals surface area contributed by atoms with Gasteiger partial charge in [-0.3, -0.25) is 4.90 Å². The van der Waals surface area contributed by atoms with Gasteiger partial charge in [0.1, 0.15) is 0 Å². The van der Waals surface area contributed by atoms with E-state index in [1.807, 2.05) is 11.3 Å². The monoisotopic (exact) mass is 308 g/mol. The van der Waals surface area contributed by atoms with Crippen molar-refractivity contribution in [2.24, 2.45) is 11.7 Å². The maximum atomic E-state index is 6.13. The quantitative estimate of drug-likeness (QED) is 0.883. The van der Waals surface area contributed by atoms with Gasteiger partial charge in [0.2, 0.25) is 0 Å². The van der Waals surface area contributed by atoms with Crippen molar-refractivity contribution in [1.29, 1.82) is 0 Å². The number of hydrogen-bond donors (Lipinski definition) is 1. The largest absolute Gasteiger partial charge is 0.330 e. The van der Waals surface area contributed by atoms with E-state index < -0.39 is 0 Å². The van der Waals surface area contributed by atoms with Crippen molar-refractivity contribution in [2.45, 2.75) is 64.8 Å². The van der Waals surface area contributed by atoms with Gasteiger partial charge in [0, 0.05) is 15.8 Å². The summed E-state index contributed by atoms with van der Waals surface area (Å²) in [6, 6.07) is 5.24. The Balaban J connectivity index is 2.30. The van der Waals surface area contributed by atoms with E-state index in [2.05, 4.69) is 44.7 Å². The second-order valence-electron chi connectivity index (χ2n) is 7.42. The molecule has 2 nitrogen and oxygen atoms in total. The minimum Gasteiger partial charge on any atom is -0.330 e. The second kappa shape index (κ2) is 7.26. The van der Waals surface area contributed by atoms with Crippen molar-refractivity contribution in [2.75, 3.05) is 19.6 Å². The van der Waals surface area contributed by atoms with Gasteiger partial charge in [0.15, 0.2) is 0 Å². The van der Waals surface area contributed by atoms with Gasteiger partial charge >= 0.3 is 0 Å². The fraction of sp³-hybridized carbons (Fsp3) is 0.778. The van der Waals surface area contributed by atoms with E-state index in [-0.39, 0.29) is 5.41 Å². The molecule has 2 rings (SSSR count). The van der Waals surface area contributed by atoms with Gasteiger partial charge in [-0.2, -0.15) is 0 Å². The highest BCUT2D eigenvalue weighted by Gasteiger charge is 2.31. The third-order valence-electron chi connectivity index (χ3n) is 4.58. The predicted molar refractivity (Wildman–Crippen MR) is 94.0 cm³/mol. The molecule has 0 amide bonds. The molecule has 1 saturated heterocycles. The molecular formula is C18H32N2S. The van der Waals surface area contributed by atoms with Gasteiger partial charge < -0.3 is 5.73 Å². The third kappa shape index (κ3) is 4.08. The lowest BCUT2D eigenvalue weighted by Gasteiger charge is -2.34. The highest BCUT2D eigenvalue weighted by atomic mass is 32.1. The highest BCUT2D eigenvalue weighted by molar-refractivity contribution is 7.12. The molecule has 21 heavy (non-hydrogen) atoms. The summed E-state index contributed by atoms with van der Waals surface area (Å²) in [4.78, 5) is 5.72. The lowest BCUT2D eigenvalue weighted by Crippen LogP contribution is -2.35. The molecule has 0 aromatic carbocycles. The Morgan fingerprint density at radius 3 is 2.62 bits per heavy atom. The summed E-state index contributed by atoms with van der Waals surface area (Å²) < 4.78 is 0. The Hall–Kier alpha value is -0.380. The molecule has 0 bridgehead atoms. The van der Waals surface area contributed by atoms with Crippen LogP contribution in [0.25, 0.3) is 0 Å². The van der Waals surface area contributed by atoms with Crippen molar-refractivity contribution >= 4 is 11.3 Å². The normalized spacial score (nSPS) is 25.0. The first-order chi connectivity index (χ1) is 9.97. The number of rotatable bonds is 4. The fourth-order valence-electron chi connectivity index (χ4n) is 3.43. The predicted octanol–water partition coefficient (Wildman–Crippen LogP) is 4.56. The Morgan fingerprint density at radius 1 is 1.29 bits per heavy atom. The molecule has 1 fully saturated rings. The summed E-state index contributed by atoms with van der Waals surface area (Å²) >= 11 is 2.01. The van der Waals surface area contributed by atoms with E-state index in [9.17, 15) is 0 Å². The number of thiophene rings is 1. The van der Waals surface area contributed by atoms with Crippen LogP contribution in [0.1, 0.15) is 69.2 Å². The van der Waals surface area contributed by atoms with E-state index in [4.69, 9.17) is 5.73 Å². The lowest BCUT2D eigenvalue weighted by molar-refractivity contribution is 0.161. The van der Waals surface area contributed by atoms with Crippen LogP contribution >= 0.6 is 11.3 Å². The Kier molecular flexibility index (Phi) is 5.87. The topological polar surface area (TPSA) is 29.3 Å². The molecule has 0 aliphatic carbocycles. The van der Waals surface area contributed by atoms with E-state index in [0.29, 0.717) is 12.0 Å². The molecule has 1 aliphatic rings. The molecule has 1 aromatic heterocycles. The first-order valence-corrected chi connectivity index (χ1v) is 9.33. The van der Waals surface area contributed by atoms with E-state index in [0.717, 1.165) is 6.54 Å². The van der Waals surface area contributed by atoms with Crippen molar-refractivity contribution in [1.82, 2.24) is 4.90 Å². The van der Waals surface area contributed by atoms with Crippen LogP contribution in [-0.4, -0.2) is 24.5 Å². The standard InChI is InChI=1S/C18H32N2S/c1-5-11-20-12-7-6-8-14(13-19)17(20)15-9-10-16(21-15)18(2,3)4/h9-10,14,17H,5-8,11-13,19H2,1-4H3. The van der Waals surface area contributed by atoms with Gasteiger partial charge in [-0.1, -0.05) is 34.1 Å². The van der Waals surface area contributed by atoms with E-state index >= 15 is 0 Å². The number of nitrogens with two attached hydrogens (primary N) is 1. The molecule has 2 N–H and O–H groups in total. The molecular weight excluding hydrogens is 276 g/mol. The van der Waals surface area contributed by atoms with E-state index in [1.165, 1.54) is 48.5 Å². The Bertz CT molecular complexity index is 433. The first kappa shape index (κ1) is 17.0. The van der Waals surface area contributed by atoms with Crippen LogP contribution in [-0.2, 0) is 5.41 Å². The molecule has 1 aliphatic heterocycles. The van der Waals surface area contributed by atoms with Crippen LogP contribution in [0.4, 0.5) is 0 Å². The molecule has 120 valence electrons. The average Bonchev–Trinajstić information content (AvgIpc) is 2.82. The SMILES string of the molecule is CCCN1CCCCC(CN)C1c1ccc(C(C)(C)C)s1. The highest BCUT2D eigenvalue weighted by Crippen LogP contribution is 2.40. The zero-order chi connectivity index (χ0) is 15.5.